The zero-order chi connectivity index (χ0) is 13.8. The smallest absolute Gasteiger partial charge is 0.308 e. The van der Waals surface area contributed by atoms with E-state index in [-0.39, 0.29) is 6.03 Å². The number of carbonyl (C=O) groups excluding carboxylic acids is 1. The van der Waals surface area contributed by atoms with E-state index in [9.17, 15) is 4.79 Å². The summed E-state index contributed by atoms with van der Waals surface area (Å²) in [5.41, 5.74) is 2.44. The lowest BCUT2D eigenvalue weighted by molar-refractivity contribution is 0.262. The molecule has 0 bridgehead atoms. The van der Waals surface area contributed by atoms with Crippen LogP contribution in [0.1, 0.15) is 5.56 Å². The van der Waals surface area contributed by atoms with Crippen LogP contribution in [0.4, 0.5) is 16.2 Å². The summed E-state index contributed by atoms with van der Waals surface area (Å²) in [6, 6.07) is 12.4. The van der Waals surface area contributed by atoms with E-state index in [0.29, 0.717) is 10.7 Å². The van der Waals surface area contributed by atoms with Gasteiger partial charge in [0.25, 0.3) is 0 Å². The number of anilines is 2. The summed E-state index contributed by atoms with van der Waals surface area (Å²) >= 11 is 9.24. The Hall–Kier alpha value is -1.52. The second-order valence-corrected chi connectivity index (χ2v) is 5.46. The highest BCUT2D eigenvalue weighted by Gasteiger charge is 2.04. The van der Waals surface area contributed by atoms with Crippen LogP contribution in [0, 0.1) is 6.92 Å². The summed E-state index contributed by atoms with van der Waals surface area (Å²) in [5.74, 6) is 0. The van der Waals surface area contributed by atoms with E-state index in [1.54, 1.807) is 24.3 Å². The molecular formula is C14H12BrClN2O. The van der Waals surface area contributed by atoms with Crippen LogP contribution in [0.3, 0.4) is 0 Å². The third kappa shape index (κ3) is 4.26. The molecule has 2 N–H and O–H groups in total. The van der Waals surface area contributed by atoms with Gasteiger partial charge in [0.1, 0.15) is 0 Å². The van der Waals surface area contributed by atoms with Crippen LogP contribution in [0.5, 0.6) is 0 Å². The van der Waals surface area contributed by atoms with Gasteiger partial charge in [0.15, 0.2) is 0 Å². The summed E-state index contributed by atoms with van der Waals surface area (Å²) in [6.07, 6.45) is 0. The van der Waals surface area contributed by atoms with Crippen molar-refractivity contribution in [3.05, 3.63) is 57.5 Å². The predicted octanol–water partition coefficient (Wildman–Crippen LogP) is 5.05. The Morgan fingerprint density at radius 3 is 2.53 bits per heavy atom. The molecule has 2 aromatic carbocycles. The number of benzene rings is 2. The zero-order valence-corrected chi connectivity index (χ0v) is 12.5. The number of hydrogen-bond donors (Lipinski definition) is 2. The zero-order valence-electron chi connectivity index (χ0n) is 10.2. The highest BCUT2D eigenvalue weighted by atomic mass is 79.9. The molecule has 0 saturated heterocycles. The normalized spacial score (nSPS) is 10.1. The van der Waals surface area contributed by atoms with Crippen molar-refractivity contribution in [2.24, 2.45) is 0 Å². The minimum Gasteiger partial charge on any atom is -0.308 e. The molecule has 0 aliphatic rings. The highest BCUT2D eigenvalue weighted by Crippen LogP contribution is 2.20. The average Bonchev–Trinajstić information content (AvgIpc) is 2.26. The third-order valence-corrected chi connectivity index (χ3v) is 3.08. The molecule has 3 nitrogen and oxygen atoms in total. The van der Waals surface area contributed by atoms with Crippen LogP contribution in [0.25, 0.3) is 0 Å². The maximum atomic E-state index is 11.8. The van der Waals surface area contributed by atoms with Gasteiger partial charge in [-0.2, -0.15) is 0 Å². The quantitative estimate of drug-likeness (QED) is 0.789. The number of halogens is 2. The summed E-state index contributed by atoms with van der Waals surface area (Å²) in [7, 11) is 0. The number of amides is 2. The molecule has 0 unspecified atom stereocenters. The van der Waals surface area contributed by atoms with E-state index in [0.717, 1.165) is 15.7 Å². The lowest BCUT2D eigenvalue weighted by Gasteiger charge is -2.09. The molecular weight excluding hydrogens is 328 g/mol. The summed E-state index contributed by atoms with van der Waals surface area (Å²) in [4.78, 5) is 11.8. The Balaban J connectivity index is 2.05. The van der Waals surface area contributed by atoms with Crippen LogP contribution in [-0.4, -0.2) is 6.03 Å². The molecule has 98 valence electrons. The van der Waals surface area contributed by atoms with E-state index >= 15 is 0 Å². The van der Waals surface area contributed by atoms with Crippen molar-refractivity contribution in [3.8, 4) is 0 Å². The van der Waals surface area contributed by atoms with Crippen LogP contribution < -0.4 is 10.6 Å². The molecule has 0 aliphatic carbocycles. The van der Waals surface area contributed by atoms with E-state index in [1.165, 1.54) is 0 Å². The molecule has 0 fully saturated rings. The molecule has 19 heavy (non-hydrogen) atoms. The van der Waals surface area contributed by atoms with Gasteiger partial charge >= 0.3 is 6.03 Å². The second kappa shape index (κ2) is 6.08. The highest BCUT2D eigenvalue weighted by molar-refractivity contribution is 9.10. The van der Waals surface area contributed by atoms with Crippen LogP contribution in [0.2, 0.25) is 5.02 Å². The van der Waals surface area contributed by atoms with Gasteiger partial charge < -0.3 is 10.6 Å². The monoisotopic (exact) mass is 338 g/mol. The Morgan fingerprint density at radius 1 is 1.11 bits per heavy atom. The van der Waals surface area contributed by atoms with Gasteiger partial charge in [-0.15, -0.1) is 0 Å². The van der Waals surface area contributed by atoms with E-state index < -0.39 is 0 Å². The average molecular weight is 340 g/mol. The van der Waals surface area contributed by atoms with Crippen molar-refractivity contribution in [3.63, 3.8) is 0 Å². The molecule has 0 saturated carbocycles. The summed E-state index contributed by atoms with van der Waals surface area (Å²) in [5, 5.41) is 6.07. The fourth-order valence-electron chi connectivity index (χ4n) is 1.67. The molecule has 0 aliphatic heterocycles. The summed E-state index contributed by atoms with van der Waals surface area (Å²) < 4.78 is 0.922. The first-order valence-corrected chi connectivity index (χ1v) is 6.81. The minimum absolute atomic E-state index is 0.306. The number of hydrogen-bond acceptors (Lipinski definition) is 1. The first-order chi connectivity index (χ1) is 9.02. The fourth-order valence-corrected chi connectivity index (χ4v) is 2.47. The van der Waals surface area contributed by atoms with Gasteiger partial charge in [-0.1, -0.05) is 33.6 Å². The maximum Gasteiger partial charge on any atom is 0.323 e. The number of nitrogens with one attached hydrogen (secondary N) is 2. The maximum absolute atomic E-state index is 11.8. The number of carbonyl (C=O) groups is 1. The number of rotatable bonds is 2. The van der Waals surface area contributed by atoms with Crippen molar-refractivity contribution in [1.29, 1.82) is 0 Å². The standard InChI is InChI=1S/C14H12BrClN2O/c1-9-5-10(15)7-13(6-9)18-14(19)17-12-4-2-3-11(16)8-12/h2-8H,1H3,(H2,17,18,19). The molecule has 2 rings (SSSR count). The Labute approximate surface area is 125 Å². The molecule has 0 heterocycles. The SMILES string of the molecule is Cc1cc(Br)cc(NC(=O)Nc2cccc(Cl)c2)c1. The molecule has 0 radical (unpaired) electrons. The van der Waals surface area contributed by atoms with Crippen molar-refractivity contribution < 1.29 is 4.79 Å². The number of aryl methyl sites for hydroxylation is 1. The molecule has 5 heteroatoms. The Kier molecular flexibility index (Phi) is 4.45. The number of urea groups is 1. The lowest BCUT2D eigenvalue weighted by atomic mass is 10.2. The first-order valence-electron chi connectivity index (χ1n) is 5.64. The Morgan fingerprint density at radius 2 is 1.84 bits per heavy atom. The van der Waals surface area contributed by atoms with Crippen molar-refractivity contribution in [1.82, 2.24) is 0 Å². The van der Waals surface area contributed by atoms with Crippen LogP contribution in [0.15, 0.2) is 46.9 Å². The lowest BCUT2D eigenvalue weighted by Crippen LogP contribution is -2.19. The van der Waals surface area contributed by atoms with Gasteiger partial charge in [0.05, 0.1) is 0 Å². The van der Waals surface area contributed by atoms with Gasteiger partial charge in [0, 0.05) is 20.9 Å². The molecule has 0 aromatic heterocycles. The first kappa shape index (κ1) is 13.9. The van der Waals surface area contributed by atoms with Crippen molar-refractivity contribution in [2.45, 2.75) is 6.92 Å². The third-order valence-electron chi connectivity index (χ3n) is 2.38. The molecule has 0 atom stereocenters. The molecule has 0 spiro atoms. The minimum atomic E-state index is -0.306. The topological polar surface area (TPSA) is 41.1 Å². The molecule has 2 amide bonds. The van der Waals surface area contributed by atoms with Crippen molar-refractivity contribution in [2.75, 3.05) is 10.6 Å². The van der Waals surface area contributed by atoms with Gasteiger partial charge in [-0.25, -0.2) is 4.79 Å². The van der Waals surface area contributed by atoms with Crippen LogP contribution in [-0.2, 0) is 0 Å². The van der Waals surface area contributed by atoms with Gasteiger partial charge in [0.2, 0.25) is 0 Å². The second-order valence-electron chi connectivity index (χ2n) is 4.11. The predicted molar refractivity (Wildman–Crippen MR) is 83.0 cm³/mol. The van der Waals surface area contributed by atoms with E-state index in [1.807, 2.05) is 25.1 Å². The van der Waals surface area contributed by atoms with Gasteiger partial charge in [-0.05, 0) is 48.9 Å². The Bertz CT molecular complexity index is 596. The molecule has 2 aromatic rings. The van der Waals surface area contributed by atoms with Gasteiger partial charge in [-0.3, -0.25) is 0 Å². The van der Waals surface area contributed by atoms with E-state index in [2.05, 4.69) is 26.6 Å². The van der Waals surface area contributed by atoms with Crippen LogP contribution >= 0.6 is 27.5 Å². The van der Waals surface area contributed by atoms with E-state index in [4.69, 9.17) is 11.6 Å². The fraction of sp³-hybridized carbons (Fsp3) is 0.0714. The summed E-state index contributed by atoms with van der Waals surface area (Å²) in [6.45, 7) is 1.96. The van der Waals surface area contributed by atoms with Crippen molar-refractivity contribution >= 4 is 44.9 Å². The largest absolute Gasteiger partial charge is 0.323 e.